The molecule has 20 heavy (non-hydrogen) atoms. The third-order valence-corrected chi connectivity index (χ3v) is 4.05. The monoisotopic (exact) mass is 270 g/mol. The van der Waals surface area contributed by atoms with Crippen molar-refractivity contribution in [3.8, 4) is 0 Å². The van der Waals surface area contributed by atoms with Crippen LogP contribution in [0.4, 0.5) is 0 Å². The van der Waals surface area contributed by atoms with E-state index in [-0.39, 0.29) is 11.8 Å². The fourth-order valence-electron chi connectivity index (χ4n) is 2.85. The molecule has 3 rings (SSSR count). The van der Waals surface area contributed by atoms with E-state index in [1.54, 1.807) is 24.3 Å². The van der Waals surface area contributed by atoms with Crippen LogP contribution in [0, 0.1) is 0 Å². The highest BCUT2D eigenvalue weighted by Crippen LogP contribution is 2.24. The summed E-state index contributed by atoms with van der Waals surface area (Å²) in [4.78, 5) is 25.9. The van der Waals surface area contributed by atoms with Crippen molar-refractivity contribution in [2.45, 2.75) is 19.8 Å². The van der Waals surface area contributed by atoms with Gasteiger partial charge in [0.2, 0.25) is 0 Å². The van der Waals surface area contributed by atoms with Crippen molar-refractivity contribution in [1.29, 1.82) is 0 Å². The van der Waals surface area contributed by atoms with Gasteiger partial charge in [0.1, 0.15) is 0 Å². The van der Waals surface area contributed by atoms with Crippen LogP contribution in [0.3, 0.4) is 0 Å². The Balaban J connectivity index is 1.83. The van der Waals surface area contributed by atoms with Crippen LogP contribution >= 0.6 is 0 Å². The quantitative estimate of drug-likeness (QED) is 0.660. The number of hydrogen-bond acceptors (Lipinski definition) is 3. The summed E-state index contributed by atoms with van der Waals surface area (Å²) in [7, 11) is 0. The second-order valence-corrected chi connectivity index (χ2v) is 5.41. The van der Waals surface area contributed by atoms with E-state index in [2.05, 4.69) is 5.32 Å². The highest BCUT2D eigenvalue weighted by molar-refractivity contribution is 6.21. The van der Waals surface area contributed by atoms with Crippen LogP contribution in [0.25, 0.3) is 0 Å². The number of carbonyl (C=O) groups is 2. The third-order valence-electron chi connectivity index (χ3n) is 4.05. The number of nitrogens with zero attached hydrogens (tertiary/aromatic N) is 1. The van der Waals surface area contributed by atoms with Crippen molar-refractivity contribution in [3.05, 3.63) is 46.5 Å². The largest absolute Gasteiger partial charge is 0.313 e. The van der Waals surface area contributed by atoms with Gasteiger partial charge in [-0.2, -0.15) is 0 Å². The molecule has 1 aromatic rings. The molecular weight excluding hydrogens is 252 g/mol. The Bertz CT molecular complexity index is 561. The number of nitrogens with one attached hydrogen (secondary N) is 1. The van der Waals surface area contributed by atoms with Gasteiger partial charge in [-0.25, -0.2) is 0 Å². The predicted molar refractivity (Wildman–Crippen MR) is 76.6 cm³/mol. The first-order chi connectivity index (χ1) is 9.68. The smallest absolute Gasteiger partial charge is 0.261 e. The molecule has 0 bridgehead atoms. The summed E-state index contributed by atoms with van der Waals surface area (Å²) >= 11 is 0. The third kappa shape index (κ3) is 2.16. The maximum absolute atomic E-state index is 12.3. The Hall–Kier alpha value is -1.94. The van der Waals surface area contributed by atoms with Gasteiger partial charge in [0.25, 0.3) is 11.8 Å². The van der Waals surface area contributed by atoms with E-state index in [4.69, 9.17) is 0 Å². The molecule has 1 saturated heterocycles. The van der Waals surface area contributed by atoms with Gasteiger partial charge in [-0.05, 0) is 38.4 Å². The average molecular weight is 270 g/mol. The molecule has 0 atom stereocenters. The summed E-state index contributed by atoms with van der Waals surface area (Å²) in [6.45, 7) is 4.34. The van der Waals surface area contributed by atoms with Crippen molar-refractivity contribution >= 4 is 11.8 Å². The van der Waals surface area contributed by atoms with Crippen molar-refractivity contribution in [1.82, 2.24) is 10.2 Å². The van der Waals surface area contributed by atoms with Gasteiger partial charge >= 0.3 is 0 Å². The van der Waals surface area contributed by atoms with E-state index in [1.807, 2.05) is 6.92 Å². The van der Waals surface area contributed by atoms with E-state index < -0.39 is 0 Å². The number of hydrogen-bond donors (Lipinski definition) is 1. The van der Waals surface area contributed by atoms with Gasteiger partial charge in [-0.1, -0.05) is 23.3 Å². The molecule has 2 aliphatic heterocycles. The standard InChI is InChI=1S/C16H18N2O2/c1-11(12-5-4-8-17-9-12)10-18-15(19)13-6-2-3-7-14(13)16(18)20/h2-3,6-7,17H,4-5,8-10H2,1H3. The van der Waals surface area contributed by atoms with Gasteiger partial charge in [0.05, 0.1) is 17.7 Å². The van der Waals surface area contributed by atoms with E-state index in [9.17, 15) is 9.59 Å². The first-order valence-corrected chi connectivity index (χ1v) is 7.02. The lowest BCUT2D eigenvalue weighted by atomic mass is 10.0. The number of fused-ring (bicyclic) bond motifs is 1. The lowest BCUT2D eigenvalue weighted by molar-refractivity contribution is 0.0667. The average Bonchev–Trinajstić information content (AvgIpc) is 2.74. The Morgan fingerprint density at radius 3 is 2.40 bits per heavy atom. The Kier molecular flexibility index (Phi) is 3.40. The molecule has 2 heterocycles. The molecule has 0 aliphatic carbocycles. The number of carbonyl (C=O) groups excluding carboxylic acids is 2. The fraction of sp³-hybridized carbons (Fsp3) is 0.375. The van der Waals surface area contributed by atoms with Crippen LogP contribution in [0.15, 0.2) is 35.4 Å². The Labute approximate surface area is 118 Å². The van der Waals surface area contributed by atoms with Crippen LogP contribution in [-0.2, 0) is 0 Å². The molecule has 104 valence electrons. The lowest BCUT2D eigenvalue weighted by Gasteiger charge is -2.21. The summed E-state index contributed by atoms with van der Waals surface area (Å²) in [5.41, 5.74) is 3.51. The van der Waals surface area contributed by atoms with E-state index in [0.29, 0.717) is 17.7 Å². The van der Waals surface area contributed by atoms with E-state index in [0.717, 1.165) is 31.5 Å². The molecule has 0 unspecified atom stereocenters. The molecule has 0 spiro atoms. The molecule has 0 aromatic heterocycles. The van der Waals surface area contributed by atoms with Gasteiger partial charge in [0.15, 0.2) is 0 Å². The summed E-state index contributed by atoms with van der Waals surface area (Å²) in [5, 5.41) is 3.33. The first kappa shape index (κ1) is 13.1. The van der Waals surface area contributed by atoms with Crippen molar-refractivity contribution in [3.63, 3.8) is 0 Å². The van der Waals surface area contributed by atoms with Crippen molar-refractivity contribution < 1.29 is 9.59 Å². The Morgan fingerprint density at radius 2 is 1.85 bits per heavy atom. The summed E-state index contributed by atoms with van der Waals surface area (Å²) < 4.78 is 0. The molecule has 1 aromatic carbocycles. The lowest BCUT2D eigenvalue weighted by Crippen LogP contribution is -2.33. The van der Waals surface area contributed by atoms with Crippen LogP contribution in [-0.4, -0.2) is 36.3 Å². The number of imide groups is 1. The highest BCUT2D eigenvalue weighted by atomic mass is 16.2. The molecular formula is C16H18N2O2. The van der Waals surface area contributed by atoms with Crippen LogP contribution in [0.1, 0.15) is 40.5 Å². The SMILES string of the molecule is CC(CN1C(=O)c2ccccc2C1=O)=C1CCCNC1. The van der Waals surface area contributed by atoms with Gasteiger partial charge < -0.3 is 5.32 Å². The van der Waals surface area contributed by atoms with Gasteiger partial charge in [-0.3, -0.25) is 14.5 Å². The molecule has 0 saturated carbocycles. The summed E-state index contributed by atoms with van der Waals surface area (Å²) in [5.74, 6) is -0.344. The minimum Gasteiger partial charge on any atom is -0.313 e. The first-order valence-electron chi connectivity index (χ1n) is 7.02. The van der Waals surface area contributed by atoms with Crippen molar-refractivity contribution in [2.24, 2.45) is 0 Å². The predicted octanol–water partition coefficient (Wildman–Crippen LogP) is 1.98. The van der Waals surface area contributed by atoms with Crippen LogP contribution < -0.4 is 5.32 Å². The Morgan fingerprint density at radius 1 is 1.20 bits per heavy atom. The zero-order valence-corrected chi connectivity index (χ0v) is 11.6. The maximum atomic E-state index is 12.3. The molecule has 0 radical (unpaired) electrons. The summed E-state index contributed by atoms with van der Waals surface area (Å²) in [6, 6.07) is 7.04. The highest BCUT2D eigenvalue weighted by Gasteiger charge is 2.35. The second kappa shape index (κ2) is 5.21. The zero-order valence-electron chi connectivity index (χ0n) is 11.6. The number of benzene rings is 1. The number of amides is 2. The molecule has 2 amide bonds. The molecule has 1 N–H and O–H groups in total. The molecule has 4 nitrogen and oxygen atoms in total. The molecule has 4 heteroatoms. The zero-order chi connectivity index (χ0) is 14.1. The maximum Gasteiger partial charge on any atom is 0.261 e. The second-order valence-electron chi connectivity index (χ2n) is 5.41. The molecule has 2 aliphatic rings. The summed E-state index contributed by atoms with van der Waals surface area (Å²) in [6.07, 6.45) is 2.18. The minimum absolute atomic E-state index is 0.172. The van der Waals surface area contributed by atoms with Crippen molar-refractivity contribution in [2.75, 3.05) is 19.6 Å². The molecule has 1 fully saturated rings. The fourth-order valence-corrected chi connectivity index (χ4v) is 2.85. The minimum atomic E-state index is -0.172. The van der Waals surface area contributed by atoms with Crippen LogP contribution in [0.5, 0.6) is 0 Å². The number of rotatable bonds is 2. The van der Waals surface area contributed by atoms with E-state index >= 15 is 0 Å². The van der Waals surface area contributed by atoms with E-state index in [1.165, 1.54) is 10.5 Å². The van der Waals surface area contributed by atoms with Crippen LogP contribution in [0.2, 0.25) is 0 Å². The van der Waals surface area contributed by atoms with Gasteiger partial charge in [0, 0.05) is 6.54 Å². The van der Waals surface area contributed by atoms with Gasteiger partial charge in [-0.15, -0.1) is 0 Å². The number of piperidine rings is 1. The topological polar surface area (TPSA) is 49.4 Å². The normalized spacial score (nSPS) is 21.1.